The van der Waals surface area contributed by atoms with Gasteiger partial charge in [0.15, 0.2) is 0 Å². The van der Waals surface area contributed by atoms with Crippen molar-refractivity contribution in [3.05, 3.63) is 0 Å². The molecule has 1 amide bonds. The molecule has 1 saturated heterocycles. The fraction of sp³-hybridized carbons (Fsp3) is 0.941. The Bertz CT molecular complexity index is 316. The minimum absolute atomic E-state index is 0.175. The Morgan fingerprint density at radius 2 is 1.76 bits per heavy atom. The van der Waals surface area contributed by atoms with Crippen molar-refractivity contribution < 1.29 is 4.79 Å². The Balaban J connectivity index is 2.60. The molecule has 1 aliphatic heterocycles. The number of nitrogens with two attached hydrogens (primary N) is 1. The molecule has 1 rings (SSSR count). The first kappa shape index (κ1) is 18.4. The first-order valence-electron chi connectivity index (χ1n) is 8.58. The summed E-state index contributed by atoms with van der Waals surface area (Å²) in [5.41, 5.74) is 5.85. The second-order valence-electron chi connectivity index (χ2n) is 7.28. The molecule has 124 valence electrons. The molecule has 4 nitrogen and oxygen atoms in total. The van der Waals surface area contributed by atoms with E-state index in [9.17, 15) is 4.79 Å². The minimum Gasteiger partial charge on any atom is -0.355 e. The third-order valence-electron chi connectivity index (χ3n) is 5.20. The Hall–Kier alpha value is -0.610. The van der Waals surface area contributed by atoms with Gasteiger partial charge in [0.25, 0.3) is 0 Å². The fourth-order valence-electron chi connectivity index (χ4n) is 3.42. The summed E-state index contributed by atoms with van der Waals surface area (Å²) in [5, 5.41) is 3.23. The van der Waals surface area contributed by atoms with E-state index in [2.05, 4.69) is 38.0 Å². The average molecular weight is 297 g/mol. The van der Waals surface area contributed by atoms with Crippen LogP contribution in [0.15, 0.2) is 0 Å². The normalized spacial score (nSPS) is 19.5. The molecular weight excluding hydrogens is 262 g/mol. The molecular formula is C17H35N3O. The van der Waals surface area contributed by atoms with E-state index in [1.165, 1.54) is 0 Å². The number of piperidine rings is 1. The molecule has 1 heterocycles. The number of carbonyl (C=O) groups excluding carboxylic acids is 1. The third-order valence-corrected chi connectivity index (χ3v) is 5.20. The maximum Gasteiger partial charge on any atom is 0.227 e. The monoisotopic (exact) mass is 297 g/mol. The van der Waals surface area contributed by atoms with Crippen LogP contribution >= 0.6 is 0 Å². The number of hydrogen-bond donors (Lipinski definition) is 2. The highest BCUT2D eigenvalue weighted by Crippen LogP contribution is 2.32. The Kier molecular flexibility index (Phi) is 7.14. The van der Waals surface area contributed by atoms with Gasteiger partial charge >= 0.3 is 0 Å². The van der Waals surface area contributed by atoms with Crippen molar-refractivity contribution >= 4 is 5.91 Å². The minimum atomic E-state index is -0.356. The summed E-state index contributed by atoms with van der Waals surface area (Å²) in [4.78, 5) is 15.1. The van der Waals surface area contributed by atoms with Gasteiger partial charge in [0.05, 0.1) is 5.41 Å². The number of carbonyl (C=O) groups is 1. The summed E-state index contributed by atoms with van der Waals surface area (Å²) in [6, 6.07) is 0. The van der Waals surface area contributed by atoms with E-state index in [0.29, 0.717) is 6.54 Å². The summed E-state index contributed by atoms with van der Waals surface area (Å²) >= 11 is 0. The number of rotatable bonds is 8. The van der Waals surface area contributed by atoms with Gasteiger partial charge in [-0.1, -0.05) is 33.6 Å². The van der Waals surface area contributed by atoms with Crippen LogP contribution in [0.5, 0.6) is 0 Å². The molecule has 0 aromatic carbocycles. The number of nitrogens with zero attached hydrogens (tertiary/aromatic N) is 1. The Morgan fingerprint density at radius 3 is 2.19 bits per heavy atom. The topological polar surface area (TPSA) is 58.4 Å². The van der Waals surface area contributed by atoms with Gasteiger partial charge in [0, 0.05) is 13.1 Å². The Labute approximate surface area is 130 Å². The lowest BCUT2D eigenvalue weighted by molar-refractivity contribution is -0.132. The van der Waals surface area contributed by atoms with E-state index in [-0.39, 0.29) is 16.7 Å². The quantitative estimate of drug-likeness (QED) is 0.723. The highest BCUT2D eigenvalue weighted by molar-refractivity contribution is 5.82. The van der Waals surface area contributed by atoms with Gasteiger partial charge in [0.2, 0.25) is 5.91 Å². The molecule has 0 saturated carbocycles. The van der Waals surface area contributed by atoms with Gasteiger partial charge in [0.1, 0.15) is 0 Å². The zero-order chi connectivity index (χ0) is 15.9. The van der Waals surface area contributed by atoms with Gasteiger partial charge in [-0.05, 0) is 51.2 Å². The molecule has 0 aliphatic carbocycles. The van der Waals surface area contributed by atoms with Crippen molar-refractivity contribution in [1.82, 2.24) is 10.2 Å². The molecule has 0 unspecified atom stereocenters. The van der Waals surface area contributed by atoms with Crippen LogP contribution in [0, 0.1) is 10.8 Å². The van der Waals surface area contributed by atoms with Crippen molar-refractivity contribution in [3.63, 3.8) is 0 Å². The Morgan fingerprint density at radius 1 is 1.24 bits per heavy atom. The van der Waals surface area contributed by atoms with Crippen molar-refractivity contribution in [3.8, 4) is 0 Å². The SMILES string of the molecule is CCCC(CN)(CCC)C(=O)NCC1(C)CCN(C)CC1. The van der Waals surface area contributed by atoms with Crippen LogP contribution in [0.2, 0.25) is 0 Å². The van der Waals surface area contributed by atoms with E-state index in [1.807, 2.05) is 0 Å². The fourth-order valence-corrected chi connectivity index (χ4v) is 3.42. The van der Waals surface area contributed by atoms with Crippen molar-refractivity contribution in [1.29, 1.82) is 0 Å². The highest BCUT2D eigenvalue weighted by Gasteiger charge is 2.37. The average Bonchev–Trinajstić information content (AvgIpc) is 2.48. The molecule has 0 aromatic rings. The number of nitrogens with one attached hydrogen (secondary N) is 1. The van der Waals surface area contributed by atoms with Crippen molar-refractivity contribution in [2.45, 2.75) is 59.3 Å². The summed E-state index contributed by atoms with van der Waals surface area (Å²) in [5.74, 6) is 0.175. The van der Waals surface area contributed by atoms with Crippen LogP contribution in [-0.4, -0.2) is 44.0 Å². The molecule has 0 spiro atoms. The lowest BCUT2D eigenvalue weighted by atomic mass is 9.77. The summed E-state index contributed by atoms with van der Waals surface area (Å²) in [6.07, 6.45) is 6.10. The number of amides is 1. The maximum atomic E-state index is 12.7. The first-order valence-corrected chi connectivity index (χ1v) is 8.58. The predicted octanol–water partition coefficient (Wildman–Crippen LogP) is 2.38. The molecule has 0 radical (unpaired) electrons. The molecule has 0 bridgehead atoms. The molecule has 3 N–H and O–H groups in total. The smallest absolute Gasteiger partial charge is 0.227 e. The van der Waals surface area contributed by atoms with Crippen LogP contribution in [0.4, 0.5) is 0 Å². The van der Waals surface area contributed by atoms with E-state index >= 15 is 0 Å². The van der Waals surface area contributed by atoms with Crippen molar-refractivity contribution in [2.75, 3.05) is 33.2 Å². The lowest BCUT2D eigenvalue weighted by Gasteiger charge is -2.39. The molecule has 0 atom stereocenters. The van der Waals surface area contributed by atoms with Crippen molar-refractivity contribution in [2.24, 2.45) is 16.6 Å². The van der Waals surface area contributed by atoms with Gasteiger partial charge in [-0.2, -0.15) is 0 Å². The predicted molar refractivity (Wildman–Crippen MR) is 89.2 cm³/mol. The van der Waals surface area contributed by atoms with Crippen LogP contribution in [0.3, 0.4) is 0 Å². The standard InChI is InChI=1S/C17H35N3O/c1-5-7-17(13-18,8-6-2)15(21)19-14-16(3)9-11-20(4)12-10-16/h5-14,18H2,1-4H3,(H,19,21). The highest BCUT2D eigenvalue weighted by atomic mass is 16.2. The van der Waals surface area contributed by atoms with E-state index in [0.717, 1.165) is 58.2 Å². The summed E-state index contributed by atoms with van der Waals surface area (Å²) < 4.78 is 0. The zero-order valence-electron chi connectivity index (χ0n) is 14.5. The number of likely N-dealkylation sites (tertiary alicyclic amines) is 1. The van der Waals surface area contributed by atoms with Gasteiger partial charge in [-0.3, -0.25) is 4.79 Å². The van der Waals surface area contributed by atoms with Crippen LogP contribution in [0.1, 0.15) is 59.3 Å². The van der Waals surface area contributed by atoms with Gasteiger partial charge < -0.3 is 16.0 Å². The maximum absolute atomic E-state index is 12.7. The van der Waals surface area contributed by atoms with Crippen LogP contribution < -0.4 is 11.1 Å². The van der Waals surface area contributed by atoms with E-state index < -0.39 is 0 Å². The number of hydrogen-bond acceptors (Lipinski definition) is 3. The summed E-state index contributed by atoms with van der Waals surface area (Å²) in [6.45, 7) is 10.0. The van der Waals surface area contributed by atoms with Crippen LogP contribution in [-0.2, 0) is 4.79 Å². The molecule has 0 aromatic heterocycles. The van der Waals surface area contributed by atoms with E-state index in [1.54, 1.807) is 0 Å². The lowest BCUT2D eigenvalue weighted by Crippen LogP contribution is -2.50. The third kappa shape index (κ3) is 4.96. The van der Waals surface area contributed by atoms with Gasteiger partial charge in [-0.15, -0.1) is 0 Å². The molecule has 1 fully saturated rings. The largest absolute Gasteiger partial charge is 0.355 e. The molecule has 21 heavy (non-hydrogen) atoms. The van der Waals surface area contributed by atoms with Gasteiger partial charge in [-0.25, -0.2) is 0 Å². The first-order chi connectivity index (χ1) is 9.91. The molecule has 4 heteroatoms. The zero-order valence-corrected chi connectivity index (χ0v) is 14.5. The van der Waals surface area contributed by atoms with Crippen LogP contribution in [0.25, 0.3) is 0 Å². The summed E-state index contributed by atoms with van der Waals surface area (Å²) in [7, 11) is 2.17. The molecule has 1 aliphatic rings. The second-order valence-corrected chi connectivity index (χ2v) is 7.28. The van der Waals surface area contributed by atoms with E-state index in [4.69, 9.17) is 5.73 Å². The second kappa shape index (κ2) is 8.14.